The highest BCUT2D eigenvalue weighted by Gasteiger charge is 2.28. The molecule has 0 aliphatic carbocycles. The molecule has 4 rings (SSSR count). The van der Waals surface area contributed by atoms with E-state index in [1.54, 1.807) is 12.1 Å². The molecule has 174 valence electrons. The van der Waals surface area contributed by atoms with E-state index in [-0.39, 0.29) is 24.2 Å². The third-order valence-electron chi connectivity index (χ3n) is 5.73. The molecular formula is C25H27ClFN3O2S. The van der Waals surface area contributed by atoms with Crippen molar-refractivity contribution in [2.24, 2.45) is 0 Å². The first-order chi connectivity index (χ1) is 16.0. The number of likely N-dealkylation sites (tertiary alicyclic amines) is 1. The average molecular weight is 488 g/mol. The molecule has 33 heavy (non-hydrogen) atoms. The minimum Gasteiger partial charge on any atom is -0.486 e. The van der Waals surface area contributed by atoms with Gasteiger partial charge in [0.15, 0.2) is 0 Å². The van der Waals surface area contributed by atoms with Gasteiger partial charge < -0.3 is 10.1 Å². The van der Waals surface area contributed by atoms with E-state index in [2.05, 4.69) is 15.2 Å². The number of hydrogen-bond acceptors (Lipinski definition) is 5. The number of halogens is 2. The smallest absolute Gasteiger partial charge is 0.226 e. The lowest BCUT2D eigenvalue weighted by Gasteiger charge is -2.29. The molecule has 8 heteroatoms. The monoisotopic (exact) mass is 487 g/mol. The number of carbonyl (C=O) groups is 1. The fourth-order valence-electron chi connectivity index (χ4n) is 4.01. The first-order valence-corrected chi connectivity index (χ1v) is 12.3. The SMILES string of the molecule is Cc1ccc(OCc2nc(CC(=O)NCC(c3c(F)cccc3Cl)N3CCCC3)cs2)cc1. The Morgan fingerprint density at radius 3 is 2.73 bits per heavy atom. The van der Waals surface area contributed by atoms with Gasteiger partial charge in [-0.05, 0) is 57.1 Å². The van der Waals surface area contributed by atoms with Gasteiger partial charge in [0.2, 0.25) is 5.91 Å². The normalized spacial score (nSPS) is 14.9. The van der Waals surface area contributed by atoms with E-state index in [0.717, 1.165) is 36.7 Å². The summed E-state index contributed by atoms with van der Waals surface area (Å²) in [5.41, 5.74) is 2.32. The number of aryl methyl sites for hydroxylation is 1. The Kier molecular flexibility index (Phi) is 7.96. The van der Waals surface area contributed by atoms with Gasteiger partial charge in [-0.15, -0.1) is 11.3 Å². The standard InChI is InChI=1S/C25H27ClFN3O2S/c1-17-7-9-19(10-8-17)32-15-24-29-18(16-33-24)13-23(31)28-14-22(30-11-2-3-12-30)25-20(26)5-4-6-21(25)27/h4-10,16,22H,2-3,11-15H2,1H3,(H,28,31). The van der Waals surface area contributed by atoms with Crippen molar-refractivity contribution in [3.63, 3.8) is 0 Å². The van der Waals surface area contributed by atoms with Gasteiger partial charge >= 0.3 is 0 Å². The quantitative estimate of drug-likeness (QED) is 0.444. The summed E-state index contributed by atoms with van der Waals surface area (Å²) in [6.07, 6.45) is 2.28. The molecule has 1 N–H and O–H groups in total. The highest BCUT2D eigenvalue weighted by molar-refractivity contribution is 7.09. The molecule has 1 amide bonds. The molecule has 1 saturated heterocycles. The predicted molar refractivity (Wildman–Crippen MR) is 129 cm³/mol. The van der Waals surface area contributed by atoms with Gasteiger partial charge in [-0.1, -0.05) is 35.4 Å². The van der Waals surface area contributed by atoms with Crippen LogP contribution in [0.2, 0.25) is 5.02 Å². The van der Waals surface area contributed by atoms with Crippen molar-refractivity contribution in [2.45, 2.75) is 38.8 Å². The Hall–Kier alpha value is -2.48. The number of amides is 1. The number of aromatic nitrogens is 1. The first kappa shape index (κ1) is 23.7. The molecule has 1 fully saturated rings. The Bertz CT molecular complexity index is 1060. The molecule has 0 bridgehead atoms. The maximum atomic E-state index is 14.6. The van der Waals surface area contributed by atoms with Crippen molar-refractivity contribution in [3.05, 3.63) is 80.5 Å². The van der Waals surface area contributed by atoms with E-state index >= 15 is 0 Å². The largest absolute Gasteiger partial charge is 0.486 e. The molecule has 2 aromatic carbocycles. The third-order valence-corrected chi connectivity index (χ3v) is 6.93. The lowest BCUT2D eigenvalue weighted by Crippen LogP contribution is -2.38. The molecule has 0 spiro atoms. The van der Waals surface area contributed by atoms with E-state index in [9.17, 15) is 9.18 Å². The van der Waals surface area contributed by atoms with E-state index in [1.807, 2.05) is 36.6 Å². The molecule has 1 aromatic heterocycles. The van der Waals surface area contributed by atoms with Crippen LogP contribution < -0.4 is 10.1 Å². The number of thiazole rings is 1. The van der Waals surface area contributed by atoms with Crippen LogP contribution in [0.4, 0.5) is 4.39 Å². The number of nitrogens with one attached hydrogen (secondary N) is 1. The fraction of sp³-hybridized carbons (Fsp3) is 0.360. The number of carbonyl (C=O) groups excluding carboxylic acids is 1. The van der Waals surface area contributed by atoms with Crippen LogP contribution in [0.3, 0.4) is 0 Å². The summed E-state index contributed by atoms with van der Waals surface area (Å²) in [7, 11) is 0. The van der Waals surface area contributed by atoms with Gasteiger partial charge in [-0.3, -0.25) is 9.69 Å². The van der Waals surface area contributed by atoms with Gasteiger partial charge in [0.25, 0.3) is 0 Å². The van der Waals surface area contributed by atoms with Crippen molar-refractivity contribution in [1.29, 1.82) is 0 Å². The Morgan fingerprint density at radius 2 is 2.00 bits per heavy atom. The topological polar surface area (TPSA) is 54.5 Å². The average Bonchev–Trinajstić information content (AvgIpc) is 3.48. The Labute approximate surface area is 202 Å². The number of rotatable bonds is 9. The highest BCUT2D eigenvalue weighted by Crippen LogP contribution is 2.32. The third kappa shape index (κ3) is 6.31. The van der Waals surface area contributed by atoms with Crippen LogP contribution in [0.15, 0.2) is 47.8 Å². The maximum absolute atomic E-state index is 14.6. The van der Waals surface area contributed by atoms with E-state index in [4.69, 9.17) is 16.3 Å². The summed E-state index contributed by atoms with van der Waals surface area (Å²) >= 11 is 7.80. The van der Waals surface area contributed by atoms with Crippen molar-refractivity contribution < 1.29 is 13.9 Å². The predicted octanol–water partition coefficient (Wildman–Crippen LogP) is 5.32. The minimum absolute atomic E-state index is 0.150. The minimum atomic E-state index is -0.341. The van der Waals surface area contributed by atoms with Crippen LogP contribution in [0.1, 0.15) is 40.7 Å². The fourth-order valence-corrected chi connectivity index (χ4v) is 5.00. The second-order valence-corrected chi connectivity index (χ2v) is 9.56. The molecule has 5 nitrogen and oxygen atoms in total. The van der Waals surface area contributed by atoms with Gasteiger partial charge in [-0.2, -0.15) is 0 Å². The molecule has 0 radical (unpaired) electrons. The summed E-state index contributed by atoms with van der Waals surface area (Å²) in [4.78, 5) is 19.3. The Morgan fingerprint density at radius 1 is 1.24 bits per heavy atom. The lowest BCUT2D eigenvalue weighted by atomic mass is 10.0. The molecule has 1 atom stereocenters. The molecule has 1 aliphatic heterocycles. The second-order valence-electron chi connectivity index (χ2n) is 8.21. The van der Waals surface area contributed by atoms with Gasteiger partial charge in [-0.25, -0.2) is 9.37 Å². The molecule has 1 aliphatic rings. The zero-order valence-electron chi connectivity index (χ0n) is 18.5. The number of benzene rings is 2. The number of hydrogen-bond donors (Lipinski definition) is 1. The molecular weight excluding hydrogens is 461 g/mol. The second kappa shape index (κ2) is 11.1. The highest BCUT2D eigenvalue weighted by atomic mass is 35.5. The number of ether oxygens (including phenoxy) is 1. The lowest BCUT2D eigenvalue weighted by molar-refractivity contribution is -0.120. The van der Waals surface area contributed by atoms with E-state index in [0.29, 0.717) is 29.4 Å². The van der Waals surface area contributed by atoms with Crippen LogP contribution in [0.5, 0.6) is 5.75 Å². The van der Waals surface area contributed by atoms with Crippen molar-refractivity contribution in [2.75, 3.05) is 19.6 Å². The van der Waals surface area contributed by atoms with E-state index in [1.165, 1.54) is 23.0 Å². The maximum Gasteiger partial charge on any atom is 0.226 e. The van der Waals surface area contributed by atoms with Gasteiger partial charge in [0.1, 0.15) is 23.2 Å². The molecule has 1 unspecified atom stereocenters. The summed E-state index contributed by atoms with van der Waals surface area (Å²) in [5.74, 6) is 0.296. The van der Waals surface area contributed by atoms with Crippen LogP contribution in [0.25, 0.3) is 0 Å². The first-order valence-electron chi connectivity index (χ1n) is 11.1. The van der Waals surface area contributed by atoms with Crippen LogP contribution in [-0.2, 0) is 17.8 Å². The zero-order chi connectivity index (χ0) is 23.2. The summed E-state index contributed by atoms with van der Waals surface area (Å²) in [5, 5.41) is 6.03. The molecule has 0 saturated carbocycles. The van der Waals surface area contributed by atoms with Crippen molar-refractivity contribution in [1.82, 2.24) is 15.2 Å². The van der Waals surface area contributed by atoms with Crippen LogP contribution >= 0.6 is 22.9 Å². The number of nitrogens with zero attached hydrogens (tertiary/aromatic N) is 2. The summed E-state index contributed by atoms with van der Waals surface area (Å²) in [6, 6.07) is 12.3. The van der Waals surface area contributed by atoms with Crippen LogP contribution in [0, 0.1) is 12.7 Å². The summed E-state index contributed by atoms with van der Waals surface area (Å²) in [6.45, 7) is 4.41. The van der Waals surface area contributed by atoms with Gasteiger partial charge in [0, 0.05) is 22.5 Å². The summed E-state index contributed by atoms with van der Waals surface area (Å²) < 4.78 is 20.4. The van der Waals surface area contributed by atoms with E-state index < -0.39 is 0 Å². The van der Waals surface area contributed by atoms with Crippen molar-refractivity contribution in [3.8, 4) is 5.75 Å². The van der Waals surface area contributed by atoms with Crippen molar-refractivity contribution >= 4 is 28.8 Å². The molecule has 2 heterocycles. The van der Waals surface area contributed by atoms with Gasteiger partial charge in [0.05, 0.1) is 18.2 Å². The Balaban J connectivity index is 1.33. The zero-order valence-corrected chi connectivity index (χ0v) is 20.1. The molecule has 3 aromatic rings. The van der Waals surface area contributed by atoms with Crippen LogP contribution in [-0.4, -0.2) is 35.4 Å².